The molecular formula is C19H20N2O. The zero-order valence-corrected chi connectivity index (χ0v) is 12.8. The SMILES string of the molecule is CN(C(=O)C=Cc1cccnc1)C1CCc2ccccc2C1. The zero-order valence-electron chi connectivity index (χ0n) is 12.8. The van der Waals surface area contributed by atoms with E-state index in [1.54, 1.807) is 18.5 Å². The Kier molecular flexibility index (Phi) is 4.33. The minimum atomic E-state index is 0.0493. The fourth-order valence-electron chi connectivity index (χ4n) is 2.95. The molecule has 2 aromatic rings. The van der Waals surface area contributed by atoms with Crippen LogP contribution in [0.1, 0.15) is 23.1 Å². The molecular weight excluding hydrogens is 272 g/mol. The Morgan fingerprint density at radius 3 is 2.82 bits per heavy atom. The molecule has 1 amide bonds. The third-order valence-corrected chi connectivity index (χ3v) is 4.32. The maximum absolute atomic E-state index is 12.3. The average molecular weight is 292 g/mol. The average Bonchev–Trinajstić information content (AvgIpc) is 2.59. The summed E-state index contributed by atoms with van der Waals surface area (Å²) in [6.07, 6.45) is 9.95. The van der Waals surface area contributed by atoms with Crippen molar-refractivity contribution in [2.45, 2.75) is 25.3 Å². The first-order valence-electron chi connectivity index (χ1n) is 7.66. The second-order valence-electron chi connectivity index (χ2n) is 5.73. The first-order chi connectivity index (χ1) is 10.7. The van der Waals surface area contributed by atoms with E-state index in [4.69, 9.17) is 0 Å². The molecule has 3 rings (SSSR count). The van der Waals surface area contributed by atoms with Crippen LogP contribution in [0.4, 0.5) is 0 Å². The molecule has 0 N–H and O–H groups in total. The lowest BCUT2D eigenvalue weighted by Crippen LogP contribution is -2.39. The van der Waals surface area contributed by atoms with Crippen LogP contribution in [-0.4, -0.2) is 28.9 Å². The molecule has 1 heterocycles. The van der Waals surface area contributed by atoms with Gasteiger partial charge in [-0.2, -0.15) is 0 Å². The topological polar surface area (TPSA) is 33.2 Å². The molecule has 1 atom stereocenters. The molecule has 0 saturated carbocycles. The fourth-order valence-corrected chi connectivity index (χ4v) is 2.95. The van der Waals surface area contributed by atoms with E-state index < -0.39 is 0 Å². The summed E-state index contributed by atoms with van der Waals surface area (Å²) in [5.41, 5.74) is 3.73. The summed E-state index contributed by atoms with van der Waals surface area (Å²) in [6.45, 7) is 0. The minimum absolute atomic E-state index is 0.0493. The number of fused-ring (bicyclic) bond motifs is 1. The van der Waals surface area contributed by atoms with Crippen molar-refractivity contribution in [1.29, 1.82) is 0 Å². The summed E-state index contributed by atoms with van der Waals surface area (Å²) in [7, 11) is 1.90. The van der Waals surface area contributed by atoms with Gasteiger partial charge in [0.1, 0.15) is 0 Å². The van der Waals surface area contributed by atoms with Crippen molar-refractivity contribution in [3.05, 3.63) is 71.6 Å². The van der Waals surface area contributed by atoms with Gasteiger partial charge in [-0.1, -0.05) is 30.3 Å². The van der Waals surface area contributed by atoms with Gasteiger partial charge in [0.15, 0.2) is 0 Å². The van der Waals surface area contributed by atoms with Crippen LogP contribution < -0.4 is 0 Å². The number of hydrogen-bond acceptors (Lipinski definition) is 2. The fraction of sp³-hybridized carbons (Fsp3) is 0.263. The summed E-state index contributed by atoms with van der Waals surface area (Å²) >= 11 is 0. The number of rotatable bonds is 3. The van der Waals surface area contributed by atoms with Crippen LogP contribution in [0.5, 0.6) is 0 Å². The maximum atomic E-state index is 12.3. The summed E-state index contributed by atoms with van der Waals surface area (Å²) in [6, 6.07) is 12.6. The second-order valence-corrected chi connectivity index (χ2v) is 5.73. The van der Waals surface area contributed by atoms with E-state index in [0.717, 1.165) is 24.8 Å². The van der Waals surface area contributed by atoms with Gasteiger partial charge in [-0.15, -0.1) is 0 Å². The van der Waals surface area contributed by atoms with Gasteiger partial charge in [0.05, 0.1) is 0 Å². The van der Waals surface area contributed by atoms with E-state index >= 15 is 0 Å². The molecule has 112 valence electrons. The summed E-state index contributed by atoms with van der Waals surface area (Å²) in [5.74, 6) is 0.0493. The Labute approximate surface area is 131 Å². The summed E-state index contributed by atoms with van der Waals surface area (Å²) < 4.78 is 0. The van der Waals surface area contributed by atoms with Gasteiger partial charge in [-0.25, -0.2) is 0 Å². The van der Waals surface area contributed by atoms with Crippen LogP contribution in [0.15, 0.2) is 54.9 Å². The molecule has 1 aromatic carbocycles. The molecule has 22 heavy (non-hydrogen) atoms. The van der Waals surface area contributed by atoms with E-state index in [2.05, 4.69) is 29.2 Å². The first kappa shape index (κ1) is 14.5. The molecule has 1 aliphatic rings. The quantitative estimate of drug-likeness (QED) is 0.814. The number of amides is 1. The molecule has 1 aliphatic carbocycles. The maximum Gasteiger partial charge on any atom is 0.246 e. The van der Waals surface area contributed by atoms with Crippen molar-refractivity contribution in [2.75, 3.05) is 7.05 Å². The Morgan fingerprint density at radius 1 is 1.23 bits per heavy atom. The summed E-state index contributed by atoms with van der Waals surface area (Å²) in [4.78, 5) is 18.3. The van der Waals surface area contributed by atoms with E-state index in [1.807, 2.05) is 30.2 Å². The molecule has 0 fully saturated rings. The molecule has 0 spiro atoms. The molecule has 1 unspecified atom stereocenters. The van der Waals surface area contributed by atoms with Gasteiger partial charge < -0.3 is 4.90 Å². The number of carbonyl (C=O) groups is 1. The highest BCUT2D eigenvalue weighted by atomic mass is 16.2. The van der Waals surface area contributed by atoms with Crippen molar-refractivity contribution in [1.82, 2.24) is 9.88 Å². The molecule has 3 nitrogen and oxygen atoms in total. The van der Waals surface area contributed by atoms with Crippen LogP contribution in [0.2, 0.25) is 0 Å². The molecule has 0 saturated heterocycles. The van der Waals surface area contributed by atoms with E-state index in [9.17, 15) is 4.79 Å². The largest absolute Gasteiger partial charge is 0.339 e. The number of carbonyl (C=O) groups excluding carboxylic acids is 1. The van der Waals surface area contributed by atoms with Crippen LogP contribution in [-0.2, 0) is 17.6 Å². The number of benzene rings is 1. The van der Waals surface area contributed by atoms with Crippen LogP contribution >= 0.6 is 0 Å². The standard InChI is InChI=1S/C19H20N2O/c1-21(19(22)11-8-15-5-4-12-20-14-15)18-10-9-16-6-2-3-7-17(16)13-18/h2-8,11-12,14,18H,9-10,13H2,1H3. The smallest absolute Gasteiger partial charge is 0.246 e. The van der Waals surface area contributed by atoms with E-state index in [0.29, 0.717) is 0 Å². The Balaban J connectivity index is 1.66. The second kappa shape index (κ2) is 6.56. The van der Waals surface area contributed by atoms with Gasteiger partial charge >= 0.3 is 0 Å². The molecule has 0 radical (unpaired) electrons. The highest BCUT2D eigenvalue weighted by Gasteiger charge is 2.23. The highest BCUT2D eigenvalue weighted by Crippen LogP contribution is 2.24. The van der Waals surface area contributed by atoms with Gasteiger partial charge in [0, 0.05) is 31.6 Å². The highest BCUT2D eigenvalue weighted by molar-refractivity contribution is 5.91. The van der Waals surface area contributed by atoms with Crippen molar-refractivity contribution >= 4 is 12.0 Å². The number of aryl methyl sites for hydroxylation is 1. The first-order valence-corrected chi connectivity index (χ1v) is 7.66. The van der Waals surface area contributed by atoms with E-state index in [1.165, 1.54) is 11.1 Å². The number of nitrogens with zero attached hydrogens (tertiary/aromatic N) is 2. The summed E-state index contributed by atoms with van der Waals surface area (Å²) in [5, 5.41) is 0. The lowest BCUT2D eigenvalue weighted by Gasteiger charge is -2.31. The predicted molar refractivity (Wildman–Crippen MR) is 88.3 cm³/mol. The Morgan fingerprint density at radius 2 is 2.05 bits per heavy atom. The lowest BCUT2D eigenvalue weighted by atomic mass is 9.87. The van der Waals surface area contributed by atoms with Crippen molar-refractivity contribution < 1.29 is 4.79 Å². The predicted octanol–water partition coefficient (Wildman–Crippen LogP) is 3.11. The van der Waals surface area contributed by atoms with Gasteiger partial charge in [0.2, 0.25) is 5.91 Å². The van der Waals surface area contributed by atoms with Gasteiger partial charge in [-0.3, -0.25) is 9.78 Å². The van der Waals surface area contributed by atoms with Gasteiger partial charge in [0.25, 0.3) is 0 Å². The molecule has 0 bridgehead atoms. The third-order valence-electron chi connectivity index (χ3n) is 4.32. The monoisotopic (exact) mass is 292 g/mol. The Hall–Kier alpha value is -2.42. The van der Waals surface area contributed by atoms with Crippen molar-refractivity contribution in [3.8, 4) is 0 Å². The number of pyridine rings is 1. The molecule has 1 aromatic heterocycles. The normalized spacial score (nSPS) is 17.2. The number of hydrogen-bond donors (Lipinski definition) is 0. The van der Waals surface area contributed by atoms with Gasteiger partial charge in [-0.05, 0) is 48.1 Å². The number of likely N-dealkylation sites (N-methyl/N-ethyl adjacent to an activating group) is 1. The number of aromatic nitrogens is 1. The van der Waals surface area contributed by atoms with Crippen LogP contribution in [0, 0.1) is 0 Å². The Bertz CT molecular complexity index is 679. The molecule has 0 aliphatic heterocycles. The zero-order chi connectivity index (χ0) is 15.4. The van der Waals surface area contributed by atoms with Crippen molar-refractivity contribution in [3.63, 3.8) is 0 Å². The van der Waals surface area contributed by atoms with Crippen molar-refractivity contribution in [2.24, 2.45) is 0 Å². The van der Waals surface area contributed by atoms with Crippen LogP contribution in [0.25, 0.3) is 6.08 Å². The lowest BCUT2D eigenvalue weighted by molar-refractivity contribution is -0.126. The third kappa shape index (κ3) is 3.25. The van der Waals surface area contributed by atoms with Crippen LogP contribution in [0.3, 0.4) is 0 Å². The van der Waals surface area contributed by atoms with E-state index in [-0.39, 0.29) is 11.9 Å². The minimum Gasteiger partial charge on any atom is -0.339 e. The molecule has 3 heteroatoms.